The molecule has 2 amide bonds. The number of terminal acetylenes is 2. The minimum Gasteiger partial charge on any atom is -0.390 e. The first-order valence-electron chi connectivity index (χ1n) is 17.1. The SMILES string of the molecule is C#CCCCC(O)[C@H](O)C(CC1CCCCC1)NC(=O)[C@H](CC#C)NC(=O)C(Cc1ccccc1)CS(=O)(=O)N(C)CCN(C)CC(F)(F)F. The highest BCUT2D eigenvalue weighted by atomic mass is 32.2. The van der Waals surface area contributed by atoms with Crippen LogP contribution in [0.2, 0.25) is 0 Å². The van der Waals surface area contributed by atoms with Gasteiger partial charge in [-0.1, -0.05) is 62.4 Å². The average molecular weight is 727 g/mol. The van der Waals surface area contributed by atoms with Crippen LogP contribution in [0.4, 0.5) is 13.2 Å². The van der Waals surface area contributed by atoms with Crippen molar-refractivity contribution < 1.29 is 41.4 Å². The van der Waals surface area contributed by atoms with E-state index in [2.05, 4.69) is 22.5 Å². The number of rotatable bonds is 21. The summed E-state index contributed by atoms with van der Waals surface area (Å²) in [6.45, 7) is -1.64. The molecular formula is C36H53F3N4O6S. The van der Waals surface area contributed by atoms with Crippen molar-refractivity contribution in [3.8, 4) is 24.7 Å². The van der Waals surface area contributed by atoms with Crippen molar-refractivity contribution >= 4 is 21.8 Å². The predicted molar refractivity (Wildman–Crippen MR) is 187 cm³/mol. The molecule has 0 spiro atoms. The topological polar surface area (TPSA) is 139 Å². The maximum atomic E-state index is 13.8. The largest absolute Gasteiger partial charge is 0.401 e. The van der Waals surface area contributed by atoms with Crippen molar-refractivity contribution in [1.82, 2.24) is 19.8 Å². The first-order chi connectivity index (χ1) is 23.6. The summed E-state index contributed by atoms with van der Waals surface area (Å²) >= 11 is 0. The number of nitrogens with one attached hydrogen (secondary N) is 2. The predicted octanol–water partition coefficient (Wildman–Crippen LogP) is 3.09. The number of carbonyl (C=O) groups excluding carboxylic acids is 2. The fourth-order valence-electron chi connectivity index (χ4n) is 6.16. The highest BCUT2D eigenvalue weighted by Gasteiger charge is 2.35. The lowest BCUT2D eigenvalue weighted by atomic mass is 9.82. The number of halogens is 3. The lowest BCUT2D eigenvalue weighted by molar-refractivity contribution is -0.143. The Kier molecular flexibility index (Phi) is 18.3. The van der Waals surface area contributed by atoms with E-state index in [0.29, 0.717) is 24.8 Å². The molecule has 50 heavy (non-hydrogen) atoms. The van der Waals surface area contributed by atoms with E-state index < -0.39 is 70.5 Å². The van der Waals surface area contributed by atoms with Gasteiger partial charge in [-0.3, -0.25) is 14.5 Å². The number of aliphatic hydroxyl groups is 2. The van der Waals surface area contributed by atoms with Gasteiger partial charge in [0.25, 0.3) is 0 Å². The summed E-state index contributed by atoms with van der Waals surface area (Å²) in [5.41, 5.74) is 0.655. The van der Waals surface area contributed by atoms with Crippen LogP contribution in [-0.4, -0.2) is 110 Å². The Morgan fingerprint density at radius 3 is 2.26 bits per heavy atom. The molecule has 3 unspecified atom stereocenters. The molecule has 1 aromatic rings. The molecule has 2 rings (SSSR count). The van der Waals surface area contributed by atoms with Crippen LogP contribution in [0.15, 0.2) is 30.3 Å². The van der Waals surface area contributed by atoms with Gasteiger partial charge < -0.3 is 20.8 Å². The molecule has 0 heterocycles. The summed E-state index contributed by atoms with van der Waals surface area (Å²) in [6, 6.07) is 6.55. The highest BCUT2D eigenvalue weighted by molar-refractivity contribution is 7.89. The minimum absolute atomic E-state index is 0.00895. The van der Waals surface area contributed by atoms with Crippen LogP contribution in [0.25, 0.3) is 0 Å². The van der Waals surface area contributed by atoms with E-state index >= 15 is 0 Å². The molecular weight excluding hydrogens is 673 g/mol. The average Bonchev–Trinajstić information content (AvgIpc) is 3.06. The van der Waals surface area contributed by atoms with E-state index in [1.807, 2.05) is 0 Å². The molecule has 1 saturated carbocycles. The van der Waals surface area contributed by atoms with Crippen LogP contribution < -0.4 is 10.6 Å². The molecule has 5 atom stereocenters. The Morgan fingerprint density at radius 1 is 1.00 bits per heavy atom. The molecule has 1 aliphatic rings. The Balaban J connectivity index is 2.25. The van der Waals surface area contributed by atoms with E-state index in [-0.39, 0.29) is 38.3 Å². The zero-order valence-electron chi connectivity index (χ0n) is 29.1. The molecule has 280 valence electrons. The van der Waals surface area contributed by atoms with Crippen molar-refractivity contribution in [2.24, 2.45) is 11.8 Å². The second kappa shape index (κ2) is 21.3. The van der Waals surface area contributed by atoms with Crippen LogP contribution in [-0.2, 0) is 26.0 Å². The molecule has 0 aliphatic heterocycles. The van der Waals surface area contributed by atoms with Crippen molar-refractivity contribution in [3.63, 3.8) is 0 Å². The second-order valence-electron chi connectivity index (χ2n) is 13.3. The minimum atomic E-state index is -4.44. The molecule has 0 saturated heterocycles. The lowest BCUT2D eigenvalue weighted by Gasteiger charge is -2.33. The number of sulfonamides is 1. The summed E-state index contributed by atoms with van der Waals surface area (Å²) < 4.78 is 66.0. The fraction of sp³-hybridized carbons (Fsp3) is 0.667. The maximum absolute atomic E-state index is 13.8. The summed E-state index contributed by atoms with van der Waals surface area (Å²) in [4.78, 5) is 28.4. The van der Waals surface area contributed by atoms with Gasteiger partial charge in [0.1, 0.15) is 6.04 Å². The van der Waals surface area contributed by atoms with Crippen LogP contribution in [0.3, 0.4) is 0 Å². The normalized spacial score (nSPS) is 17.3. The first-order valence-corrected chi connectivity index (χ1v) is 18.7. The smallest absolute Gasteiger partial charge is 0.390 e. The molecule has 0 bridgehead atoms. The van der Waals surface area contributed by atoms with Crippen molar-refractivity contribution in [1.29, 1.82) is 0 Å². The summed E-state index contributed by atoms with van der Waals surface area (Å²) in [5.74, 6) is 1.79. The number of alkyl halides is 3. The van der Waals surface area contributed by atoms with Gasteiger partial charge in [0.2, 0.25) is 21.8 Å². The summed E-state index contributed by atoms with van der Waals surface area (Å²) in [5, 5.41) is 27.3. The van der Waals surface area contributed by atoms with E-state index in [9.17, 15) is 41.4 Å². The van der Waals surface area contributed by atoms with Gasteiger partial charge >= 0.3 is 6.18 Å². The van der Waals surface area contributed by atoms with Gasteiger partial charge in [0, 0.05) is 33.0 Å². The van der Waals surface area contributed by atoms with Crippen molar-refractivity contribution in [3.05, 3.63) is 35.9 Å². The van der Waals surface area contributed by atoms with Crippen molar-refractivity contribution in [2.75, 3.05) is 39.5 Å². The van der Waals surface area contributed by atoms with E-state index in [0.717, 1.165) is 41.3 Å². The Hall–Kier alpha value is -3.14. The van der Waals surface area contributed by atoms with Gasteiger partial charge in [0.15, 0.2) is 0 Å². The number of nitrogens with zero attached hydrogens (tertiary/aromatic N) is 2. The van der Waals surface area contributed by atoms with Crippen LogP contribution in [0.1, 0.15) is 69.8 Å². The Bertz CT molecular complexity index is 1380. The number of aliphatic hydroxyl groups excluding tert-OH is 2. The van der Waals surface area contributed by atoms with E-state index in [1.54, 1.807) is 30.3 Å². The lowest BCUT2D eigenvalue weighted by Crippen LogP contribution is -2.56. The van der Waals surface area contributed by atoms with Gasteiger partial charge in [-0.15, -0.1) is 24.7 Å². The quantitative estimate of drug-likeness (QED) is 0.113. The van der Waals surface area contributed by atoms with E-state index in [4.69, 9.17) is 12.8 Å². The summed E-state index contributed by atoms with van der Waals surface area (Å²) in [6.07, 6.45) is 10.3. The highest BCUT2D eigenvalue weighted by Crippen LogP contribution is 2.29. The fourth-order valence-corrected chi connectivity index (χ4v) is 7.55. The van der Waals surface area contributed by atoms with Crippen molar-refractivity contribution in [2.45, 2.75) is 101 Å². The number of likely N-dealkylation sites (N-methyl/N-ethyl adjacent to an activating group) is 2. The molecule has 1 fully saturated rings. The van der Waals surface area contributed by atoms with Crippen LogP contribution >= 0.6 is 0 Å². The van der Waals surface area contributed by atoms with Gasteiger partial charge in [-0.2, -0.15) is 13.2 Å². The molecule has 4 N–H and O–H groups in total. The number of hydrogen-bond acceptors (Lipinski definition) is 7. The monoisotopic (exact) mass is 726 g/mol. The molecule has 14 heteroatoms. The molecule has 10 nitrogen and oxygen atoms in total. The third-order valence-electron chi connectivity index (χ3n) is 9.05. The molecule has 1 aromatic carbocycles. The third-order valence-corrected chi connectivity index (χ3v) is 11.0. The van der Waals surface area contributed by atoms with Gasteiger partial charge in [-0.05, 0) is 44.2 Å². The number of carbonyl (C=O) groups is 2. The maximum Gasteiger partial charge on any atom is 0.401 e. The Morgan fingerprint density at radius 2 is 1.66 bits per heavy atom. The third kappa shape index (κ3) is 15.8. The van der Waals surface area contributed by atoms with Gasteiger partial charge in [0.05, 0.1) is 36.5 Å². The second-order valence-corrected chi connectivity index (χ2v) is 15.4. The Labute approximate surface area is 295 Å². The van der Waals surface area contributed by atoms with Crippen LogP contribution in [0.5, 0.6) is 0 Å². The van der Waals surface area contributed by atoms with Crippen LogP contribution in [0, 0.1) is 36.5 Å². The number of benzene rings is 1. The standard InChI is InChI=1S/C36H53F3N4O6S/c1-5-7-10-20-32(44)33(45)31(24-28-18-13-9-14-19-28)41-35(47)30(15-6-2)40-34(46)29(23-27-16-11-8-12-17-27)25-50(48,49)43(4)22-21-42(3)26-36(37,38)39/h1-2,8,11-12,16-17,28-33,44-45H,7,9-10,13-15,18-26H2,3-4H3,(H,40,46)(H,41,47)/t29?,30-,31?,32?,33+/m0/s1. The zero-order chi connectivity index (χ0) is 37.3. The first kappa shape index (κ1) is 43.0. The number of hydrogen-bond donors (Lipinski definition) is 4. The number of unbranched alkanes of at least 4 members (excludes halogenated alkanes) is 1. The molecule has 0 aromatic heterocycles. The number of amides is 2. The zero-order valence-corrected chi connectivity index (χ0v) is 29.9. The van der Waals surface area contributed by atoms with E-state index in [1.165, 1.54) is 14.1 Å². The van der Waals surface area contributed by atoms with Gasteiger partial charge in [-0.25, -0.2) is 12.7 Å². The molecule has 0 radical (unpaired) electrons. The molecule has 1 aliphatic carbocycles. The summed E-state index contributed by atoms with van der Waals surface area (Å²) in [7, 11) is -1.68.